The van der Waals surface area contributed by atoms with Gasteiger partial charge in [-0.25, -0.2) is 4.79 Å². The SMILES string of the molecule is C[C@H]1C(=O)CC[C@@H]1COCc1cccc(C(=O)OCCN2CCOCC2)c1. The summed E-state index contributed by atoms with van der Waals surface area (Å²) in [6.45, 7) is 7.37. The molecule has 0 bridgehead atoms. The lowest BCUT2D eigenvalue weighted by Crippen LogP contribution is -2.38. The lowest BCUT2D eigenvalue weighted by Gasteiger charge is -2.26. The smallest absolute Gasteiger partial charge is 0.338 e. The first kappa shape index (κ1) is 20.0. The van der Waals surface area contributed by atoms with Crippen LogP contribution in [0, 0.1) is 11.8 Å². The van der Waals surface area contributed by atoms with Crippen LogP contribution in [0.3, 0.4) is 0 Å². The summed E-state index contributed by atoms with van der Waals surface area (Å²) in [4.78, 5) is 26.1. The third kappa shape index (κ3) is 5.86. The van der Waals surface area contributed by atoms with Crippen LogP contribution in [-0.4, -0.2) is 62.7 Å². The Bertz CT molecular complexity index is 641. The van der Waals surface area contributed by atoms with E-state index in [1.54, 1.807) is 6.07 Å². The fourth-order valence-electron chi connectivity index (χ4n) is 3.59. The molecule has 1 aliphatic carbocycles. The number of carbonyl (C=O) groups excluding carboxylic acids is 2. The second-order valence-corrected chi connectivity index (χ2v) is 7.36. The number of Topliss-reactive ketones (excluding diaryl/α,β-unsaturated/α-hetero) is 1. The van der Waals surface area contributed by atoms with Gasteiger partial charge in [-0.3, -0.25) is 9.69 Å². The first-order chi connectivity index (χ1) is 13.1. The standard InChI is InChI=1S/C21H29NO5/c1-16-19(5-6-20(16)23)15-26-14-17-3-2-4-18(13-17)21(24)27-12-9-22-7-10-25-11-8-22/h2-4,13,16,19H,5-12,14-15H2,1H3/t16-,19-/m1/s1. The Kier molecular flexibility index (Phi) is 7.38. The summed E-state index contributed by atoms with van der Waals surface area (Å²) in [6.07, 6.45) is 1.58. The molecule has 0 spiro atoms. The Morgan fingerprint density at radius 2 is 2.11 bits per heavy atom. The molecule has 0 radical (unpaired) electrons. The monoisotopic (exact) mass is 375 g/mol. The number of hydrogen-bond acceptors (Lipinski definition) is 6. The first-order valence-corrected chi connectivity index (χ1v) is 9.80. The highest BCUT2D eigenvalue weighted by Crippen LogP contribution is 2.28. The second kappa shape index (κ2) is 9.97. The van der Waals surface area contributed by atoms with E-state index < -0.39 is 0 Å². The van der Waals surface area contributed by atoms with Crippen LogP contribution in [0.5, 0.6) is 0 Å². The molecule has 0 aromatic heterocycles. The number of ether oxygens (including phenoxy) is 3. The Morgan fingerprint density at radius 3 is 2.85 bits per heavy atom. The molecule has 27 heavy (non-hydrogen) atoms. The predicted octanol–water partition coefficient (Wildman–Crippen LogP) is 2.31. The first-order valence-electron chi connectivity index (χ1n) is 9.80. The van der Waals surface area contributed by atoms with Gasteiger partial charge in [-0.1, -0.05) is 19.1 Å². The number of benzene rings is 1. The number of rotatable bonds is 8. The Balaban J connectivity index is 1.40. The zero-order valence-corrected chi connectivity index (χ0v) is 16.0. The van der Waals surface area contributed by atoms with E-state index in [1.165, 1.54) is 0 Å². The predicted molar refractivity (Wildman–Crippen MR) is 101 cm³/mol. The van der Waals surface area contributed by atoms with E-state index in [9.17, 15) is 9.59 Å². The van der Waals surface area contributed by atoms with E-state index in [1.807, 2.05) is 25.1 Å². The third-order valence-electron chi connectivity index (χ3n) is 5.48. The molecule has 1 aromatic rings. The molecule has 0 N–H and O–H groups in total. The quantitative estimate of drug-likeness (QED) is 0.650. The molecule has 1 aromatic carbocycles. The van der Waals surface area contributed by atoms with Crippen molar-refractivity contribution in [2.24, 2.45) is 11.8 Å². The van der Waals surface area contributed by atoms with Crippen molar-refractivity contribution in [1.82, 2.24) is 4.90 Å². The van der Waals surface area contributed by atoms with Crippen LogP contribution >= 0.6 is 0 Å². The van der Waals surface area contributed by atoms with E-state index in [4.69, 9.17) is 14.2 Å². The summed E-state index contributed by atoms with van der Waals surface area (Å²) < 4.78 is 16.5. The lowest BCUT2D eigenvalue weighted by atomic mass is 9.99. The lowest BCUT2D eigenvalue weighted by molar-refractivity contribution is -0.121. The molecule has 2 fully saturated rings. The number of hydrogen-bond donors (Lipinski definition) is 0. The molecular weight excluding hydrogens is 346 g/mol. The van der Waals surface area contributed by atoms with Crippen molar-refractivity contribution < 1.29 is 23.8 Å². The fraction of sp³-hybridized carbons (Fsp3) is 0.619. The van der Waals surface area contributed by atoms with Crippen molar-refractivity contribution in [3.63, 3.8) is 0 Å². The summed E-state index contributed by atoms with van der Waals surface area (Å²) in [5.74, 6) is 0.439. The average molecular weight is 375 g/mol. The van der Waals surface area contributed by atoms with Gasteiger partial charge in [-0.2, -0.15) is 0 Å². The number of esters is 1. The van der Waals surface area contributed by atoms with Crippen LogP contribution in [0.2, 0.25) is 0 Å². The van der Waals surface area contributed by atoms with Crippen LogP contribution in [0.4, 0.5) is 0 Å². The van der Waals surface area contributed by atoms with Crippen LogP contribution < -0.4 is 0 Å². The van der Waals surface area contributed by atoms with Crippen molar-refractivity contribution in [2.75, 3.05) is 46.1 Å². The number of nitrogens with zero attached hydrogens (tertiary/aromatic N) is 1. The van der Waals surface area contributed by atoms with Gasteiger partial charge >= 0.3 is 5.97 Å². The van der Waals surface area contributed by atoms with E-state index in [0.29, 0.717) is 43.5 Å². The maximum absolute atomic E-state index is 12.3. The summed E-state index contributed by atoms with van der Waals surface area (Å²) in [7, 11) is 0. The van der Waals surface area contributed by atoms with Gasteiger partial charge in [0.2, 0.25) is 0 Å². The van der Waals surface area contributed by atoms with Crippen LogP contribution in [-0.2, 0) is 25.6 Å². The molecule has 1 saturated heterocycles. The number of ketones is 1. The van der Waals surface area contributed by atoms with Gasteiger partial charge in [0.15, 0.2) is 0 Å². The minimum Gasteiger partial charge on any atom is -0.461 e. The molecule has 2 aliphatic rings. The molecule has 148 valence electrons. The number of morpholine rings is 1. The van der Waals surface area contributed by atoms with Crippen LogP contribution in [0.1, 0.15) is 35.7 Å². The Hall–Kier alpha value is -1.76. The Morgan fingerprint density at radius 1 is 1.30 bits per heavy atom. The largest absolute Gasteiger partial charge is 0.461 e. The molecular formula is C21H29NO5. The minimum absolute atomic E-state index is 0.0952. The summed E-state index contributed by atoms with van der Waals surface area (Å²) in [5.41, 5.74) is 1.48. The van der Waals surface area contributed by atoms with E-state index in [2.05, 4.69) is 4.90 Å². The highest BCUT2D eigenvalue weighted by molar-refractivity contribution is 5.89. The van der Waals surface area contributed by atoms with Gasteiger partial charge in [0, 0.05) is 32.0 Å². The van der Waals surface area contributed by atoms with Crippen LogP contribution in [0.15, 0.2) is 24.3 Å². The minimum atomic E-state index is -0.305. The van der Waals surface area contributed by atoms with Crippen LogP contribution in [0.25, 0.3) is 0 Å². The van der Waals surface area contributed by atoms with E-state index >= 15 is 0 Å². The molecule has 2 atom stereocenters. The Labute approximate surface area is 160 Å². The maximum atomic E-state index is 12.3. The van der Waals surface area contributed by atoms with Crippen molar-refractivity contribution in [1.29, 1.82) is 0 Å². The molecule has 6 nitrogen and oxygen atoms in total. The molecule has 0 unspecified atom stereocenters. The van der Waals surface area contributed by atoms with Gasteiger partial charge in [0.05, 0.1) is 32.0 Å². The average Bonchev–Trinajstić information content (AvgIpc) is 3.01. The van der Waals surface area contributed by atoms with Crippen molar-refractivity contribution in [2.45, 2.75) is 26.4 Å². The zero-order chi connectivity index (χ0) is 19.1. The maximum Gasteiger partial charge on any atom is 0.338 e. The van der Waals surface area contributed by atoms with Gasteiger partial charge in [0.1, 0.15) is 12.4 Å². The molecule has 1 aliphatic heterocycles. The van der Waals surface area contributed by atoms with E-state index in [-0.39, 0.29) is 11.9 Å². The van der Waals surface area contributed by atoms with Gasteiger partial charge in [-0.05, 0) is 30.0 Å². The van der Waals surface area contributed by atoms with Gasteiger partial charge in [-0.15, -0.1) is 0 Å². The molecule has 1 saturated carbocycles. The van der Waals surface area contributed by atoms with Crippen molar-refractivity contribution >= 4 is 11.8 Å². The molecule has 6 heteroatoms. The van der Waals surface area contributed by atoms with Gasteiger partial charge in [0.25, 0.3) is 0 Å². The highest BCUT2D eigenvalue weighted by Gasteiger charge is 2.30. The van der Waals surface area contributed by atoms with Gasteiger partial charge < -0.3 is 14.2 Å². The highest BCUT2D eigenvalue weighted by atomic mass is 16.5. The van der Waals surface area contributed by atoms with Crippen molar-refractivity contribution in [3.8, 4) is 0 Å². The number of carbonyl (C=O) groups is 2. The van der Waals surface area contributed by atoms with Crippen molar-refractivity contribution in [3.05, 3.63) is 35.4 Å². The zero-order valence-electron chi connectivity index (χ0n) is 16.0. The normalized spacial score (nSPS) is 23.5. The second-order valence-electron chi connectivity index (χ2n) is 7.36. The summed E-state index contributed by atoms with van der Waals surface area (Å²) in [6, 6.07) is 7.37. The molecule has 1 heterocycles. The summed E-state index contributed by atoms with van der Waals surface area (Å²) in [5, 5.41) is 0. The fourth-order valence-corrected chi connectivity index (χ4v) is 3.59. The third-order valence-corrected chi connectivity index (χ3v) is 5.48. The summed E-state index contributed by atoms with van der Waals surface area (Å²) >= 11 is 0. The molecule has 3 rings (SSSR count). The topological polar surface area (TPSA) is 65.1 Å². The van der Waals surface area contributed by atoms with E-state index in [0.717, 1.165) is 44.8 Å². The molecule has 0 amide bonds.